The molecule has 1 aliphatic rings. The summed E-state index contributed by atoms with van der Waals surface area (Å²) in [6.07, 6.45) is 4.20. The maximum Gasteiger partial charge on any atom is 0.315 e. The van der Waals surface area contributed by atoms with E-state index in [4.69, 9.17) is 0 Å². The van der Waals surface area contributed by atoms with Gasteiger partial charge in [0.25, 0.3) is 0 Å². The number of hydrogen-bond donors (Lipinski definition) is 3. The second-order valence-electron chi connectivity index (χ2n) is 6.60. The van der Waals surface area contributed by atoms with Crippen molar-refractivity contribution in [3.8, 4) is 0 Å². The van der Waals surface area contributed by atoms with E-state index >= 15 is 0 Å². The fourth-order valence-electron chi connectivity index (χ4n) is 2.25. The number of carbonyl (C=O) groups excluding carboxylic acids is 1. The predicted molar refractivity (Wildman–Crippen MR) is 73.4 cm³/mol. The fourth-order valence-corrected chi connectivity index (χ4v) is 2.25. The van der Waals surface area contributed by atoms with E-state index in [1.165, 1.54) is 19.3 Å². The highest BCUT2D eigenvalue weighted by Gasteiger charge is 2.25. The summed E-state index contributed by atoms with van der Waals surface area (Å²) in [5.74, 6) is 0.553. The van der Waals surface area contributed by atoms with Crippen LogP contribution in [0.25, 0.3) is 0 Å². The molecule has 2 amide bonds. The Hall–Kier alpha value is -0.770. The molecule has 0 aromatic heterocycles. The molecule has 1 rings (SSSR count). The van der Waals surface area contributed by atoms with Crippen molar-refractivity contribution in [1.29, 1.82) is 0 Å². The lowest BCUT2D eigenvalue weighted by atomic mass is 9.86. The zero-order valence-electron chi connectivity index (χ0n) is 12.1. The van der Waals surface area contributed by atoms with E-state index < -0.39 is 6.10 Å². The minimum atomic E-state index is -0.521. The number of amides is 2. The third kappa shape index (κ3) is 4.84. The van der Waals surface area contributed by atoms with Gasteiger partial charge in [0.2, 0.25) is 0 Å². The molecule has 0 saturated heterocycles. The smallest absolute Gasteiger partial charge is 0.315 e. The van der Waals surface area contributed by atoms with Gasteiger partial charge >= 0.3 is 6.03 Å². The van der Waals surface area contributed by atoms with Crippen LogP contribution in [-0.4, -0.2) is 29.8 Å². The van der Waals surface area contributed by atoms with E-state index in [1.807, 2.05) is 20.8 Å². The monoisotopic (exact) mass is 256 g/mol. The van der Waals surface area contributed by atoms with Crippen LogP contribution < -0.4 is 10.6 Å². The Morgan fingerprint density at radius 3 is 2.50 bits per heavy atom. The first-order valence-corrected chi connectivity index (χ1v) is 7.03. The van der Waals surface area contributed by atoms with Crippen LogP contribution >= 0.6 is 0 Å². The van der Waals surface area contributed by atoms with Gasteiger partial charge in [0.05, 0.1) is 6.10 Å². The lowest BCUT2D eigenvalue weighted by molar-refractivity contribution is 0.0647. The molecule has 0 aromatic carbocycles. The number of aliphatic hydroxyl groups excluding tert-OH is 1. The Kier molecular flexibility index (Phi) is 5.45. The van der Waals surface area contributed by atoms with Crippen molar-refractivity contribution < 1.29 is 9.90 Å². The van der Waals surface area contributed by atoms with Crippen LogP contribution in [0.15, 0.2) is 0 Å². The average Bonchev–Trinajstić information content (AvgIpc) is 2.27. The van der Waals surface area contributed by atoms with Crippen LogP contribution in [0, 0.1) is 11.3 Å². The van der Waals surface area contributed by atoms with E-state index in [-0.39, 0.29) is 17.5 Å². The van der Waals surface area contributed by atoms with Crippen LogP contribution in [0.1, 0.15) is 53.4 Å². The maximum atomic E-state index is 11.8. The van der Waals surface area contributed by atoms with Gasteiger partial charge in [-0.25, -0.2) is 4.79 Å². The first-order chi connectivity index (χ1) is 8.30. The Bertz CT molecular complexity index is 273. The van der Waals surface area contributed by atoms with Crippen molar-refractivity contribution >= 4 is 6.03 Å². The third-order valence-corrected chi connectivity index (χ3v) is 3.88. The molecule has 1 aliphatic carbocycles. The molecular weight excluding hydrogens is 228 g/mol. The number of urea groups is 1. The molecule has 0 spiro atoms. The Balaban J connectivity index is 2.29. The van der Waals surface area contributed by atoms with Gasteiger partial charge in [0.1, 0.15) is 0 Å². The second-order valence-corrected chi connectivity index (χ2v) is 6.60. The average molecular weight is 256 g/mol. The molecule has 0 aromatic rings. The zero-order chi connectivity index (χ0) is 13.8. The number of nitrogens with one attached hydrogen (secondary N) is 2. The quantitative estimate of drug-likeness (QED) is 0.725. The lowest BCUT2D eigenvalue weighted by Crippen LogP contribution is -2.49. The number of hydrogen-bond acceptors (Lipinski definition) is 2. The molecule has 1 fully saturated rings. The van der Waals surface area contributed by atoms with Crippen molar-refractivity contribution in [2.75, 3.05) is 6.54 Å². The first kappa shape index (κ1) is 15.3. The highest BCUT2D eigenvalue weighted by atomic mass is 16.3. The fraction of sp³-hybridized carbons (Fsp3) is 0.929. The molecule has 0 aliphatic heterocycles. The van der Waals surface area contributed by atoms with E-state index in [0.717, 1.165) is 6.42 Å². The summed E-state index contributed by atoms with van der Waals surface area (Å²) in [4.78, 5) is 11.8. The zero-order valence-corrected chi connectivity index (χ0v) is 12.1. The van der Waals surface area contributed by atoms with Crippen LogP contribution in [0.4, 0.5) is 4.79 Å². The normalized spacial score (nSPS) is 26.5. The minimum absolute atomic E-state index is 0.156. The SMILES string of the molecule is CC1CCCCC1NC(=O)NCC(O)C(C)(C)C. The van der Waals surface area contributed by atoms with Crippen molar-refractivity contribution in [2.24, 2.45) is 11.3 Å². The van der Waals surface area contributed by atoms with Gasteiger partial charge < -0.3 is 15.7 Å². The molecular formula is C14H28N2O2. The van der Waals surface area contributed by atoms with Crippen molar-refractivity contribution in [2.45, 2.75) is 65.5 Å². The molecule has 1 saturated carbocycles. The Morgan fingerprint density at radius 2 is 1.94 bits per heavy atom. The first-order valence-electron chi connectivity index (χ1n) is 7.03. The molecule has 4 nitrogen and oxygen atoms in total. The van der Waals surface area contributed by atoms with Gasteiger partial charge in [0.15, 0.2) is 0 Å². The highest BCUT2D eigenvalue weighted by molar-refractivity contribution is 5.74. The van der Waals surface area contributed by atoms with Gasteiger partial charge in [-0.2, -0.15) is 0 Å². The maximum absolute atomic E-state index is 11.8. The van der Waals surface area contributed by atoms with Crippen LogP contribution in [-0.2, 0) is 0 Å². The lowest BCUT2D eigenvalue weighted by Gasteiger charge is -2.30. The van der Waals surface area contributed by atoms with Gasteiger partial charge in [-0.1, -0.05) is 40.5 Å². The summed E-state index contributed by atoms with van der Waals surface area (Å²) in [5, 5.41) is 15.6. The van der Waals surface area contributed by atoms with E-state index in [1.54, 1.807) is 0 Å². The number of aliphatic hydroxyl groups is 1. The standard InChI is InChI=1S/C14H28N2O2/c1-10-7-5-6-8-11(10)16-13(18)15-9-12(17)14(2,3)4/h10-12,17H,5-9H2,1-4H3,(H2,15,16,18). The molecule has 4 heteroatoms. The van der Waals surface area contributed by atoms with E-state index in [2.05, 4.69) is 17.6 Å². The number of carbonyl (C=O) groups is 1. The molecule has 3 atom stereocenters. The summed E-state index contributed by atoms with van der Waals surface area (Å²) in [5.41, 5.74) is -0.203. The van der Waals surface area contributed by atoms with Crippen LogP contribution in [0.5, 0.6) is 0 Å². The Labute approximate surface area is 111 Å². The van der Waals surface area contributed by atoms with Crippen LogP contribution in [0.3, 0.4) is 0 Å². The summed E-state index contributed by atoms with van der Waals surface area (Å²) >= 11 is 0. The third-order valence-electron chi connectivity index (χ3n) is 3.88. The van der Waals surface area contributed by atoms with Gasteiger partial charge in [-0.15, -0.1) is 0 Å². The number of rotatable bonds is 3. The van der Waals surface area contributed by atoms with E-state index in [9.17, 15) is 9.90 Å². The van der Waals surface area contributed by atoms with Gasteiger partial charge in [0, 0.05) is 12.6 Å². The summed E-state index contributed by atoms with van der Waals surface area (Å²) in [7, 11) is 0. The molecule has 0 heterocycles. The molecule has 0 radical (unpaired) electrons. The predicted octanol–water partition coefficient (Wildman–Crippen LogP) is 2.27. The molecule has 106 valence electrons. The van der Waals surface area contributed by atoms with Crippen molar-refractivity contribution in [3.05, 3.63) is 0 Å². The van der Waals surface area contributed by atoms with Crippen LogP contribution in [0.2, 0.25) is 0 Å². The topological polar surface area (TPSA) is 61.4 Å². The van der Waals surface area contributed by atoms with E-state index in [0.29, 0.717) is 12.5 Å². The summed E-state index contributed by atoms with van der Waals surface area (Å²) in [6.45, 7) is 8.37. The molecule has 3 unspecified atom stereocenters. The van der Waals surface area contributed by atoms with Crippen molar-refractivity contribution in [1.82, 2.24) is 10.6 Å². The summed E-state index contributed by atoms with van der Waals surface area (Å²) < 4.78 is 0. The van der Waals surface area contributed by atoms with Gasteiger partial charge in [-0.3, -0.25) is 0 Å². The summed E-state index contributed by atoms with van der Waals surface area (Å²) in [6, 6.07) is 0.127. The molecule has 3 N–H and O–H groups in total. The minimum Gasteiger partial charge on any atom is -0.391 e. The molecule has 0 bridgehead atoms. The van der Waals surface area contributed by atoms with Gasteiger partial charge in [-0.05, 0) is 24.2 Å². The largest absolute Gasteiger partial charge is 0.391 e. The van der Waals surface area contributed by atoms with Crippen molar-refractivity contribution in [3.63, 3.8) is 0 Å². The Morgan fingerprint density at radius 1 is 1.33 bits per heavy atom. The molecule has 18 heavy (non-hydrogen) atoms. The highest BCUT2D eigenvalue weighted by Crippen LogP contribution is 2.23. The second kappa shape index (κ2) is 6.41.